The second kappa shape index (κ2) is 6.31. The van der Waals surface area contributed by atoms with Crippen LogP contribution in [0.15, 0.2) is 42.5 Å². The molecule has 2 aromatic rings. The molecule has 2 heteroatoms. The first-order valence-electron chi connectivity index (χ1n) is 7.90. The lowest BCUT2D eigenvalue weighted by Gasteiger charge is -2.26. The Bertz CT molecular complexity index is 619. The molecule has 0 spiro atoms. The third-order valence-corrected chi connectivity index (χ3v) is 4.37. The van der Waals surface area contributed by atoms with Gasteiger partial charge in [0.15, 0.2) is 0 Å². The highest BCUT2D eigenvalue weighted by molar-refractivity contribution is 5.53. The fraction of sp³-hybridized carbons (Fsp3) is 0.368. The highest BCUT2D eigenvalue weighted by Gasteiger charge is 2.11. The minimum Gasteiger partial charge on any atom is -0.367 e. The first kappa shape index (κ1) is 14.2. The molecule has 0 amide bonds. The number of hydrogen-bond acceptors (Lipinski definition) is 2. The second-order valence-corrected chi connectivity index (χ2v) is 5.83. The van der Waals surface area contributed by atoms with Crippen LogP contribution in [0, 0.1) is 6.92 Å². The molecule has 2 aromatic carbocycles. The van der Waals surface area contributed by atoms with Crippen LogP contribution in [0.3, 0.4) is 0 Å². The van der Waals surface area contributed by atoms with Gasteiger partial charge in [-0.1, -0.05) is 36.4 Å². The van der Waals surface area contributed by atoms with Crippen molar-refractivity contribution in [3.63, 3.8) is 0 Å². The van der Waals surface area contributed by atoms with Gasteiger partial charge in [0.05, 0.1) is 0 Å². The molecule has 1 heterocycles. The number of rotatable bonds is 4. The van der Waals surface area contributed by atoms with Crippen LogP contribution in [0.25, 0.3) is 0 Å². The standard InChI is InChI=1S/C19H24N2/c1-3-21(19-7-5-4-6-15(19)2)14-16-8-9-17-10-11-20-13-18(17)12-16/h4-9,12,20H,3,10-11,13-14H2,1-2H3. The van der Waals surface area contributed by atoms with Gasteiger partial charge in [-0.25, -0.2) is 0 Å². The maximum atomic E-state index is 3.46. The summed E-state index contributed by atoms with van der Waals surface area (Å²) >= 11 is 0. The van der Waals surface area contributed by atoms with E-state index in [0.717, 1.165) is 32.6 Å². The second-order valence-electron chi connectivity index (χ2n) is 5.83. The van der Waals surface area contributed by atoms with Gasteiger partial charge < -0.3 is 10.2 Å². The minimum absolute atomic E-state index is 0.981. The van der Waals surface area contributed by atoms with Gasteiger partial charge in [-0.15, -0.1) is 0 Å². The van der Waals surface area contributed by atoms with E-state index in [0.29, 0.717) is 0 Å². The lowest BCUT2D eigenvalue weighted by Crippen LogP contribution is -2.25. The van der Waals surface area contributed by atoms with Gasteiger partial charge >= 0.3 is 0 Å². The van der Waals surface area contributed by atoms with Crippen molar-refractivity contribution in [2.45, 2.75) is 33.4 Å². The van der Waals surface area contributed by atoms with Crippen LogP contribution in [0.2, 0.25) is 0 Å². The smallest absolute Gasteiger partial charge is 0.0429 e. The quantitative estimate of drug-likeness (QED) is 0.919. The number of benzene rings is 2. The van der Waals surface area contributed by atoms with E-state index in [9.17, 15) is 0 Å². The molecular weight excluding hydrogens is 256 g/mol. The molecule has 1 aliphatic heterocycles. The summed E-state index contributed by atoms with van der Waals surface area (Å²) in [5.74, 6) is 0. The van der Waals surface area contributed by atoms with E-state index in [1.165, 1.54) is 27.9 Å². The lowest BCUT2D eigenvalue weighted by atomic mass is 9.98. The lowest BCUT2D eigenvalue weighted by molar-refractivity contribution is 0.642. The summed E-state index contributed by atoms with van der Waals surface area (Å²) in [5.41, 5.74) is 7.08. The van der Waals surface area contributed by atoms with Crippen molar-refractivity contribution in [1.82, 2.24) is 5.32 Å². The van der Waals surface area contributed by atoms with Crippen LogP contribution in [0.1, 0.15) is 29.2 Å². The predicted molar refractivity (Wildman–Crippen MR) is 89.8 cm³/mol. The molecule has 0 aromatic heterocycles. The van der Waals surface area contributed by atoms with Crippen LogP contribution in [0.5, 0.6) is 0 Å². The molecule has 1 N–H and O–H groups in total. The molecule has 0 saturated heterocycles. The fourth-order valence-corrected chi connectivity index (χ4v) is 3.14. The minimum atomic E-state index is 0.981. The molecule has 21 heavy (non-hydrogen) atoms. The van der Waals surface area contributed by atoms with E-state index >= 15 is 0 Å². The number of hydrogen-bond donors (Lipinski definition) is 1. The number of nitrogens with zero attached hydrogens (tertiary/aromatic N) is 1. The Balaban J connectivity index is 1.83. The number of para-hydroxylation sites is 1. The molecule has 3 rings (SSSR count). The predicted octanol–water partition coefficient (Wildman–Crippen LogP) is 3.67. The molecule has 110 valence electrons. The molecule has 0 aliphatic carbocycles. The molecule has 1 aliphatic rings. The SMILES string of the molecule is CCN(Cc1ccc2c(c1)CNCC2)c1ccccc1C. The van der Waals surface area contributed by atoms with Crippen molar-refractivity contribution >= 4 is 5.69 Å². The number of aryl methyl sites for hydroxylation is 1. The number of nitrogens with one attached hydrogen (secondary N) is 1. The Kier molecular flexibility index (Phi) is 4.26. The summed E-state index contributed by atoms with van der Waals surface area (Å²) in [5, 5.41) is 3.46. The van der Waals surface area contributed by atoms with E-state index < -0.39 is 0 Å². The Morgan fingerprint density at radius 2 is 1.95 bits per heavy atom. The highest BCUT2D eigenvalue weighted by atomic mass is 15.1. The van der Waals surface area contributed by atoms with Crippen molar-refractivity contribution in [3.05, 3.63) is 64.7 Å². The molecular formula is C19H24N2. The van der Waals surface area contributed by atoms with Crippen LogP contribution in [-0.2, 0) is 19.5 Å². The molecule has 0 atom stereocenters. The highest BCUT2D eigenvalue weighted by Crippen LogP contribution is 2.23. The van der Waals surface area contributed by atoms with Crippen molar-refractivity contribution in [2.24, 2.45) is 0 Å². The molecule has 2 nitrogen and oxygen atoms in total. The van der Waals surface area contributed by atoms with E-state index in [-0.39, 0.29) is 0 Å². The Labute approximate surface area is 127 Å². The fourth-order valence-electron chi connectivity index (χ4n) is 3.14. The third-order valence-electron chi connectivity index (χ3n) is 4.37. The van der Waals surface area contributed by atoms with Gasteiger partial charge in [0.2, 0.25) is 0 Å². The Morgan fingerprint density at radius 1 is 1.10 bits per heavy atom. The van der Waals surface area contributed by atoms with Crippen LogP contribution < -0.4 is 10.2 Å². The topological polar surface area (TPSA) is 15.3 Å². The van der Waals surface area contributed by atoms with Gasteiger partial charge in [0, 0.05) is 25.3 Å². The summed E-state index contributed by atoms with van der Waals surface area (Å²) in [6.07, 6.45) is 1.16. The van der Waals surface area contributed by atoms with Gasteiger partial charge in [-0.05, 0) is 55.1 Å². The molecule has 0 radical (unpaired) electrons. The number of anilines is 1. The first-order valence-corrected chi connectivity index (χ1v) is 7.90. The van der Waals surface area contributed by atoms with Crippen LogP contribution >= 0.6 is 0 Å². The van der Waals surface area contributed by atoms with E-state index in [1.54, 1.807) is 0 Å². The Hall–Kier alpha value is -1.80. The van der Waals surface area contributed by atoms with E-state index in [1.807, 2.05) is 0 Å². The summed E-state index contributed by atoms with van der Waals surface area (Å²) in [7, 11) is 0. The molecule has 0 unspecified atom stereocenters. The van der Waals surface area contributed by atoms with Crippen molar-refractivity contribution in [1.29, 1.82) is 0 Å². The van der Waals surface area contributed by atoms with Crippen molar-refractivity contribution in [3.8, 4) is 0 Å². The summed E-state index contributed by atoms with van der Waals surface area (Å²) in [4.78, 5) is 2.45. The third kappa shape index (κ3) is 3.11. The zero-order valence-electron chi connectivity index (χ0n) is 13.0. The summed E-state index contributed by atoms with van der Waals surface area (Å²) < 4.78 is 0. The zero-order valence-corrected chi connectivity index (χ0v) is 13.0. The molecule has 0 bridgehead atoms. The number of fused-ring (bicyclic) bond motifs is 1. The van der Waals surface area contributed by atoms with E-state index in [2.05, 4.69) is 66.5 Å². The first-order chi connectivity index (χ1) is 10.3. The van der Waals surface area contributed by atoms with Gasteiger partial charge in [0.1, 0.15) is 0 Å². The van der Waals surface area contributed by atoms with Crippen LogP contribution in [0.4, 0.5) is 5.69 Å². The van der Waals surface area contributed by atoms with Gasteiger partial charge in [-0.2, -0.15) is 0 Å². The Morgan fingerprint density at radius 3 is 2.76 bits per heavy atom. The zero-order chi connectivity index (χ0) is 14.7. The van der Waals surface area contributed by atoms with Gasteiger partial charge in [-0.3, -0.25) is 0 Å². The molecule has 0 fully saturated rings. The van der Waals surface area contributed by atoms with E-state index in [4.69, 9.17) is 0 Å². The average Bonchev–Trinajstić information content (AvgIpc) is 2.53. The van der Waals surface area contributed by atoms with Crippen molar-refractivity contribution < 1.29 is 0 Å². The maximum absolute atomic E-state index is 3.46. The normalized spacial score (nSPS) is 13.8. The average molecular weight is 280 g/mol. The van der Waals surface area contributed by atoms with Crippen LogP contribution in [-0.4, -0.2) is 13.1 Å². The summed E-state index contributed by atoms with van der Waals surface area (Å²) in [6.45, 7) is 8.55. The van der Waals surface area contributed by atoms with Crippen molar-refractivity contribution in [2.75, 3.05) is 18.0 Å². The summed E-state index contributed by atoms with van der Waals surface area (Å²) in [6, 6.07) is 15.6. The maximum Gasteiger partial charge on any atom is 0.0429 e. The largest absolute Gasteiger partial charge is 0.367 e. The monoisotopic (exact) mass is 280 g/mol. The molecule has 0 saturated carbocycles. The van der Waals surface area contributed by atoms with Gasteiger partial charge in [0.25, 0.3) is 0 Å².